The van der Waals surface area contributed by atoms with Gasteiger partial charge in [0.1, 0.15) is 5.82 Å². The summed E-state index contributed by atoms with van der Waals surface area (Å²) in [5.74, 6) is 1.09. The molecule has 0 fully saturated rings. The summed E-state index contributed by atoms with van der Waals surface area (Å²) in [5.41, 5.74) is 1.20. The Morgan fingerprint density at radius 2 is 2.28 bits per heavy atom. The highest BCUT2D eigenvalue weighted by Gasteiger charge is 2.07. The lowest BCUT2D eigenvalue weighted by atomic mass is 10.1. The van der Waals surface area contributed by atoms with Gasteiger partial charge in [0.05, 0.1) is 6.54 Å². The summed E-state index contributed by atoms with van der Waals surface area (Å²) in [7, 11) is 0. The van der Waals surface area contributed by atoms with Crippen molar-refractivity contribution in [1.82, 2.24) is 19.9 Å². The van der Waals surface area contributed by atoms with Crippen LogP contribution in [0, 0.1) is 0 Å². The number of pyridine rings is 1. The van der Waals surface area contributed by atoms with Crippen molar-refractivity contribution < 1.29 is 0 Å². The molecule has 18 heavy (non-hydrogen) atoms. The van der Waals surface area contributed by atoms with Crippen molar-refractivity contribution >= 4 is 0 Å². The fourth-order valence-electron chi connectivity index (χ4n) is 1.95. The molecule has 0 spiro atoms. The summed E-state index contributed by atoms with van der Waals surface area (Å²) in [6.07, 6.45) is 8.72. The van der Waals surface area contributed by atoms with E-state index in [2.05, 4.69) is 39.8 Å². The molecule has 0 amide bonds. The molecule has 2 aromatic heterocycles. The van der Waals surface area contributed by atoms with Gasteiger partial charge in [-0.1, -0.05) is 13.0 Å². The first-order valence-corrected chi connectivity index (χ1v) is 6.44. The van der Waals surface area contributed by atoms with Crippen molar-refractivity contribution in [2.45, 2.75) is 39.4 Å². The first-order chi connectivity index (χ1) is 8.81. The summed E-state index contributed by atoms with van der Waals surface area (Å²) in [5, 5.41) is 3.48. The average molecular weight is 244 g/mol. The predicted molar refractivity (Wildman–Crippen MR) is 72.0 cm³/mol. The predicted octanol–water partition coefficient (Wildman–Crippen LogP) is 2.54. The lowest BCUT2D eigenvalue weighted by Crippen LogP contribution is -2.20. The van der Waals surface area contributed by atoms with Gasteiger partial charge >= 0.3 is 0 Å². The largest absolute Gasteiger partial charge is 0.334 e. The summed E-state index contributed by atoms with van der Waals surface area (Å²) in [6, 6.07) is 4.33. The van der Waals surface area contributed by atoms with Crippen LogP contribution in [0.3, 0.4) is 0 Å². The van der Waals surface area contributed by atoms with E-state index in [1.807, 2.05) is 24.7 Å². The van der Waals surface area contributed by atoms with E-state index < -0.39 is 0 Å². The van der Waals surface area contributed by atoms with Crippen LogP contribution < -0.4 is 5.32 Å². The maximum absolute atomic E-state index is 4.39. The molecule has 0 bridgehead atoms. The Morgan fingerprint density at radius 3 is 3.00 bits per heavy atom. The van der Waals surface area contributed by atoms with Crippen LogP contribution in [-0.4, -0.2) is 14.5 Å². The Balaban J connectivity index is 1.93. The van der Waals surface area contributed by atoms with Crippen LogP contribution in [0.2, 0.25) is 0 Å². The molecule has 0 aliphatic heterocycles. The molecule has 2 heterocycles. The van der Waals surface area contributed by atoms with Gasteiger partial charge in [-0.2, -0.15) is 0 Å². The van der Waals surface area contributed by atoms with Crippen LogP contribution in [-0.2, 0) is 13.1 Å². The Morgan fingerprint density at radius 1 is 1.39 bits per heavy atom. The molecule has 0 saturated carbocycles. The van der Waals surface area contributed by atoms with Gasteiger partial charge in [-0.05, 0) is 25.0 Å². The molecule has 2 rings (SSSR count). The van der Waals surface area contributed by atoms with E-state index >= 15 is 0 Å². The lowest BCUT2D eigenvalue weighted by molar-refractivity contribution is 0.531. The van der Waals surface area contributed by atoms with Gasteiger partial charge in [0.25, 0.3) is 0 Å². The van der Waals surface area contributed by atoms with Gasteiger partial charge < -0.3 is 9.88 Å². The van der Waals surface area contributed by atoms with Crippen LogP contribution in [0.15, 0.2) is 36.9 Å². The topological polar surface area (TPSA) is 42.7 Å². The lowest BCUT2D eigenvalue weighted by Gasteiger charge is -2.14. The van der Waals surface area contributed by atoms with Crippen molar-refractivity contribution in [3.05, 3.63) is 48.3 Å². The molecule has 4 heteroatoms. The fraction of sp³-hybridized carbons (Fsp3) is 0.429. The second-order valence-electron chi connectivity index (χ2n) is 4.43. The SMILES string of the molecule is CCCn1ccnc1CN[C@H](C)c1cccnc1. The number of hydrogen-bond donors (Lipinski definition) is 1. The Labute approximate surface area is 108 Å². The third-order valence-electron chi connectivity index (χ3n) is 3.02. The molecule has 0 saturated heterocycles. The van der Waals surface area contributed by atoms with E-state index in [-0.39, 0.29) is 6.04 Å². The first kappa shape index (κ1) is 12.8. The van der Waals surface area contributed by atoms with Crippen LogP contribution >= 0.6 is 0 Å². The number of nitrogens with zero attached hydrogens (tertiary/aromatic N) is 3. The monoisotopic (exact) mass is 244 g/mol. The zero-order chi connectivity index (χ0) is 12.8. The van der Waals surface area contributed by atoms with Gasteiger partial charge in [-0.15, -0.1) is 0 Å². The van der Waals surface area contributed by atoms with Gasteiger partial charge in [0.15, 0.2) is 0 Å². The molecule has 96 valence electrons. The van der Waals surface area contributed by atoms with Gasteiger partial charge in [0, 0.05) is 37.4 Å². The summed E-state index contributed by atoms with van der Waals surface area (Å²) >= 11 is 0. The highest BCUT2D eigenvalue weighted by atomic mass is 15.1. The standard InChI is InChI=1S/C14H20N4/c1-3-8-18-9-7-16-14(18)11-17-12(2)13-5-4-6-15-10-13/h4-7,9-10,12,17H,3,8,11H2,1-2H3/t12-/m1/s1. The van der Waals surface area contributed by atoms with E-state index in [1.165, 1.54) is 5.56 Å². The van der Waals surface area contributed by atoms with E-state index in [1.54, 1.807) is 6.20 Å². The van der Waals surface area contributed by atoms with Gasteiger partial charge in [-0.25, -0.2) is 4.98 Å². The second-order valence-corrected chi connectivity index (χ2v) is 4.43. The molecule has 0 aliphatic carbocycles. The molecule has 4 nitrogen and oxygen atoms in total. The summed E-state index contributed by atoms with van der Waals surface area (Å²) < 4.78 is 2.20. The number of rotatable bonds is 6. The summed E-state index contributed by atoms with van der Waals surface area (Å²) in [6.45, 7) is 6.13. The van der Waals surface area contributed by atoms with Crippen molar-refractivity contribution in [3.8, 4) is 0 Å². The smallest absolute Gasteiger partial charge is 0.122 e. The van der Waals surface area contributed by atoms with Gasteiger partial charge in [-0.3, -0.25) is 4.98 Å². The number of nitrogens with one attached hydrogen (secondary N) is 1. The number of aromatic nitrogens is 3. The Kier molecular flexibility index (Phi) is 4.47. The van der Waals surface area contributed by atoms with E-state index in [9.17, 15) is 0 Å². The zero-order valence-electron chi connectivity index (χ0n) is 11.0. The minimum Gasteiger partial charge on any atom is -0.334 e. The first-order valence-electron chi connectivity index (χ1n) is 6.44. The van der Waals surface area contributed by atoms with Crippen molar-refractivity contribution in [2.75, 3.05) is 0 Å². The fourth-order valence-corrected chi connectivity index (χ4v) is 1.95. The third kappa shape index (κ3) is 3.17. The minimum atomic E-state index is 0.283. The normalized spacial score (nSPS) is 12.6. The maximum atomic E-state index is 4.39. The van der Waals surface area contributed by atoms with Crippen LogP contribution in [0.25, 0.3) is 0 Å². The van der Waals surface area contributed by atoms with Gasteiger partial charge in [0.2, 0.25) is 0 Å². The molecule has 0 unspecified atom stereocenters. The maximum Gasteiger partial charge on any atom is 0.122 e. The summed E-state index contributed by atoms with van der Waals surface area (Å²) in [4.78, 5) is 8.52. The molecule has 1 N–H and O–H groups in total. The van der Waals surface area contributed by atoms with Crippen molar-refractivity contribution in [2.24, 2.45) is 0 Å². The highest BCUT2D eigenvalue weighted by Crippen LogP contribution is 2.10. The van der Waals surface area contributed by atoms with Crippen LogP contribution in [0.5, 0.6) is 0 Å². The Hall–Kier alpha value is -1.68. The molecule has 1 atom stereocenters. The molecule has 0 aromatic carbocycles. The molecular weight excluding hydrogens is 224 g/mol. The van der Waals surface area contributed by atoms with Crippen LogP contribution in [0.1, 0.15) is 37.7 Å². The number of aryl methyl sites for hydroxylation is 1. The molecule has 2 aromatic rings. The number of hydrogen-bond acceptors (Lipinski definition) is 3. The van der Waals surface area contributed by atoms with Crippen molar-refractivity contribution in [3.63, 3.8) is 0 Å². The molecular formula is C14H20N4. The third-order valence-corrected chi connectivity index (χ3v) is 3.02. The number of imidazole rings is 1. The average Bonchev–Trinajstić information content (AvgIpc) is 2.85. The van der Waals surface area contributed by atoms with Crippen LogP contribution in [0.4, 0.5) is 0 Å². The van der Waals surface area contributed by atoms with E-state index in [0.29, 0.717) is 0 Å². The second kappa shape index (κ2) is 6.31. The van der Waals surface area contributed by atoms with Crippen molar-refractivity contribution in [1.29, 1.82) is 0 Å². The molecule has 0 aliphatic rings. The quantitative estimate of drug-likeness (QED) is 0.849. The minimum absolute atomic E-state index is 0.283. The van der Waals surface area contributed by atoms with E-state index in [4.69, 9.17) is 0 Å². The zero-order valence-corrected chi connectivity index (χ0v) is 11.0. The highest BCUT2D eigenvalue weighted by molar-refractivity contribution is 5.12. The Bertz CT molecular complexity index is 464. The van der Waals surface area contributed by atoms with E-state index in [0.717, 1.165) is 25.3 Å². The molecule has 0 radical (unpaired) electrons.